The van der Waals surface area contributed by atoms with E-state index >= 15 is 0 Å². The van der Waals surface area contributed by atoms with Crippen molar-refractivity contribution in [3.8, 4) is 0 Å². The molecule has 1 aliphatic heterocycles. The third-order valence-corrected chi connectivity index (χ3v) is 3.91. The molecule has 1 aliphatic rings. The van der Waals surface area contributed by atoms with Crippen molar-refractivity contribution in [3.63, 3.8) is 0 Å². The van der Waals surface area contributed by atoms with Crippen LogP contribution >= 0.6 is 11.6 Å². The molecule has 1 heterocycles. The minimum atomic E-state index is 0.748. The highest BCUT2D eigenvalue weighted by Crippen LogP contribution is 2.12. The van der Waals surface area contributed by atoms with Gasteiger partial charge in [-0.25, -0.2) is 0 Å². The second-order valence-corrected chi connectivity index (χ2v) is 5.46. The van der Waals surface area contributed by atoms with Gasteiger partial charge in [0.2, 0.25) is 0 Å². The maximum Gasteiger partial charge on any atom is 0.0351 e. The fourth-order valence-electron chi connectivity index (χ4n) is 2.55. The van der Waals surface area contributed by atoms with Crippen molar-refractivity contribution in [1.29, 1.82) is 0 Å². The van der Waals surface area contributed by atoms with Crippen LogP contribution in [0, 0.1) is 6.92 Å². The van der Waals surface area contributed by atoms with Gasteiger partial charge >= 0.3 is 0 Å². The Morgan fingerprint density at radius 3 is 2.56 bits per heavy atom. The van der Waals surface area contributed by atoms with Crippen molar-refractivity contribution >= 4 is 11.6 Å². The summed E-state index contributed by atoms with van der Waals surface area (Å²) in [7, 11) is 0. The van der Waals surface area contributed by atoms with Crippen molar-refractivity contribution < 1.29 is 0 Å². The van der Waals surface area contributed by atoms with E-state index < -0.39 is 0 Å². The van der Waals surface area contributed by atoms with Crippen LogP contribution in [0.1, 0.15) is 17.5 Å². The lowest BCUT2D eigenvalue weighted by Crippen LogP contribution is -2.31. The fraction of sp³-hybridized carbons (Fsp3) is 0.600. The topological polar surface area (TPSA) is 6.48 Å². The van der Waals surface area contributed by atoms with Gasteiger partial charge in [-0.2, -0.15) is 0 Å². The molecule has 2 rings (SSSR count). The second-order valence-electron chi connectivity index (χ2n) is 5.09. The first-order valence-electron chi connectivity index (χ1n) is 6.85. The Balaban J connectivity index is 1.89. The highest BCUT2D eigenvalue weighted by Gasteiger charge is 2.14. The molecule has 0 unspecified atom stereocenters. The lowest BCUT2D eigenvalue weighted by molar-refractivity contribution is 0.258. The number of alkyl halides is 1. The fourth-order valence-corrected chi connectivity index (χ4v) is 2.79. The zero-order chi connectivity index (χ0) is 12.8. The molecule has 1 fully saturated rings. The van der Waals surface area contributed by atoms with Crippen molar-refractivity contribution in [2.45, 2.75) is 19.9 Å². The Morgan fingerprint density at radius 1 is 1.06 bits per heavy atom. The van der Waals surface area contributed by atoms with E-state index in [1.807, 2.05) is 0 Å². The SMILES string of the molecule is Cc1ccccc1CN1CCCN(CCCl)CC1. The van der Waals surface area contributed by atoms with Gasteiger partial charge in [0, 0.05) is 32.1 Å². The van der Waals surface area contributed by atoms with E-state index in [0.717, 1.165) is 32.1 Å². The van der Waals surface area contributed by atoms with Gasteiger partial charge in [-0.05, 0) is 37.6 Å². The van der Waals surface area contributed by atoms with Crippen molar-refractivity contribution in [2.75, 3.05) is 38.6 Å². The normalized spacial score (nSPS) is 18.8. The first-order chi connectivity index (χ1) is 8.79. The predicted octanol–water partition coefficient (Wildman–Crippen LogP) is 2.74. The predicted molar refractivity (Wildman–Crippen MR) is 78.2 cm³/mol. The van der Waals surface area contributed by atoms with Crippen LogP contribution in [0.4, 0.5) is 0 Å². The quantitative estimate of drug-likeness (QED) is 0.774. The summed E-state index contributed by atoms with van der Waals surface area (Å²) in [6.07, 6.45) is 1.25. The van der Waals surface area contributed by atoms with Crippen LogP contribution in [0.5, 0.6) is 0 Å². The molecule has 1 saturated heterocycles. The van der Waals surface area contributed by atoms with E-state index in [0.29, 0.717) is 0 Å². The lowest BCUT2D eigenvalue weighted by Gasteiger charge is -2.22. The van der Waals surface area contributed by atoms with Gasteiger partial charge in [0.05, 0.1) is 0 Å². The highest BCUT2D eigenvalue weighted by atomic mass is 35.5. The van der Waals surface area contributed by atoms with E-state index in [2.05, 4.69) is 41.0 Å². The Morgan fingerprint density at radius 2 is 1.78 bits per heavy atom. The Bertz CT molecular complexity index is 367. The number of nitrogens with zero attached hydrogens (tertiary/aromatic N) is 2. The van der Waals surface area contributed by atoms with Gasteiger partial charge in [0.1, 0.15) is 0 Å². The lowest BCUT2D eigenvalue weighted by atomic mass is 10.1. The van der Waals surface area contributed by atoms with Crippen molar-refractivity contribution in [1.82, 2.24) is 9.80 Å². The monoisotopic (exact) mass is 266 g/mol. The average Bonchev–Trinajstić information content (AvgIpc) is 2.59. The number of hydrogen-bond donors (Lipinski definition) is 0. The Labute approximate surface area is 116 Å². The summed E-state index contributed by atoms with van der Waals surface area (Å²) in [6.45, 7) is 9.02. The summed E-state index contributed by atoms with van der Waals surface area (Å²) in [5.74, 6) is 0.748. The first kappa shape index (κ1) is 13.9. The largest absolute Gasteiger partial charge is 0.301 e. The van der Waals surface area contributed by atoms with Gasteiger partial charge < -0.3 is 4.90 Å². The number of rotatable bonds is 4. The summed E-state index contributed by atoms with van der Waals surface area (Å²) in [6, 6.07) is 8.70. The average molecular weight is 267 g/mol. The molecule has 0 radical (unpaired) electrons. The van der Waals surface area contributed by atoms with Gasteiger partial charge in [-0.3, -0.25) is 4.90 Å². The third kappa shape index (κ3) is 3.98. The molecule has 0 aliphatic carbocycles. The molecular formula is C15H23ClN2. The highest BCUT2D eigenvalue weighted by molar-refractivity contribution is 6.18. The number of aryl methyl sites for hydroxylation is 1. The molecule has 0 aromatic heterocycles. The van der Waals surface area contributed by atoms with Crippen LogP contribution in [0.15, 0.2) is 24.3 Å². The van der Waals surface area contributed by atoms with Gasteiger partial charge in [-0.1, -0.05) is 24.3 Å². The van der Waals surface area contributed by atoms with Gasteiger partial charge in [-0.15, -0.1) is 11.6 Å². The number of halogens is 1. The van der Waals surface area contributed by atoms with Crippen LogP contribution in [0.3, 0.4) is 0 Å². The molecule has 1 aromatic carbocycles. The zero-order valence-electron chi connectivity index (χ0n) is 11.2. The summed E-state index contributed by atoms with van der Waals surface area (Å²) in [5.41, 5.74) is 2.86. The maximum absolute atomic E-state index is 5.82. The second kappa shape index (κ2) is 7.13. The first-order valence-corrected chi connectivity index (χ1v) is 7.38. The van der Waals surface area contributed by atoms with Crippen LogP contribution in [0.2, 0.25) is 0 Å². The van der Waals surface area contributed by atoms with Gasteiger partial charge in [0.15, 0.2) is 0 Å². The molecule has 0 N–H and O–H groups in total. The minimum Gasteiger partial charge on any atom is -0.301 e. The van der Waals surface area contributed by atoms with E-state index in [9.17, 15) is 0 Å². The Kier molecular flexibility index (Phi) is 5.48. The van der Waals surface area contributed by atoms with E-state index in [-0.39, 0.29) is 0 Å². The van der Waals surface area contributed by atoms with E-state index in [1.54, 1.807) is 0 Å². The summed E-state index contributed by atoms with van der Waals surface area (Å²) in [4.78, 5) is 5.04. The third-order valence-electron chi connectivity index (χ3n) is 3.74. The molecule has 0 spiro atoms. The van der Waals surface area contributed by atoms with Crippen LogP contribution in [-0.4, -0.2) is 48.4 Å². The molecule has 0 bridgehead atoms. The molecule has 100 valence electrons. The minimum absolute atomic E-state index is 0.748. The molecule has 3 heteroatoms. The number of benzene rings is 1. The van der Waals surface area contributed by atoms with Gasteiger partial charge in [0.25, 0.3) is 0 Å². The summed E-state index contributed by atoms with van der Waals surface area (Å²) in [5, 5.41) is 0. The van der Waals surface area contributed by atoms with Crippen molar-refractivity contribution in [3.05, 3.63) is 35.4 Å². The van der Waals surface area contributed by atoms with E-state index in [1.165, 1.54) is 30.6 Å². The molecule has 0 atom stereocenters. The molecule has 1 aromatic rings. The summed E-state index contributed by atoms with van der Waals surface area (Å²) >= 11 is 5.82. The van der Waals surface area contributed by atoms with E-state index in [4.69, 9.17) is 11.6 Å². The molecule has 0 amide bonds. The molecular weight excluding hydrogens is 244 g/mol. The smallest absolute Gasteiger partial charge is 0.0351 e. The molecule has 18 heavy (non-hydrogen) atoms. The maximum atomic E-state index is 5.82. The van der Waals surface area contributed by atoms with Crippen LogP contribution in [0.25, 0.3) is 0 Å². The van der Waals surface area contributed by atoms with Crippen molar-refractivity contribution in [2.24, 2.45) is 0 Å². The standard InChI is InChI=1S/C15H23ClN2/c1-14-5-2-3-6-15(14)13-18-9-4-8-17(10-7-16)11-12-18/h2-3,5-6H,4,7-13H2,1H3. The number of hydrogen-bond acceptors (Lipinski definition) is 2. The van der Waals surface area contributed by atoms with Crippen LogP contribution < -0.4 is 0 Å². The molecule has 2 nitrogen and oxygen atoms in total. The zero-order valence-corrected chi connectivity index (χ0v) is 12.0. The Hall–Kier alpha value is -0.570. The summed E-state index contributed by atoms with van der Waals surface area (Å²) < 4.78 is 0. The molecule has 0 saturated carbocycles. The van der Waals surface area contributed by atoms with Crippen LogP contribution in [-0.2, 0) is 6.54 Å².